The molecule has 0 atom stereocenters. The van der Waals surface area contributed by atoms with Gasteiger partial charge >= 0.3 is 5.97 Å². The molecule has 1 rings (SSSR count). The zero-order valence-corrected chi connectivity index (χ0v) is 11.4. The SMILES string of the molecule is CCOc1cc(N=C(N)N=C(N)N)c(Cl)cc1C(=O)O. The minimum absolute atomic E-state index is 0.0730. The first-order valence-electron chi connectivity index (χ1n) is 5.48. The van der Waals surface area contributed by atoms with E-state index in [9.17, 15) is 4.79 Å². The van der Waals surface area contributed by atoms with Gasteiger partial charge in [0.25, 0.3) is 0 Å². The summed E-state index contributed by atoms with van der Waals surface area (Å²) in [7, 11) is 0. The van der Waals surface area contributed by atoms with Crippen LogP contribution in [0.1, 0.15) is 17.3 Å². The third kappa shape index (κ3) is 4.02. The van der Waals surface area contributed by atoms with Gasteiger partial charge in [-0.1, -0.05) is 11.6 Å². The highest BCUT2D eigenvalue weighted by atomic mass is 35.5. The van der Waals surface area contributed by atoms with Crippen LogP contribution in [0.3, 0.4) is 0 Å². The molecule has 0 unspecified atom stereocenters. The Morgan fingerprint density at radius 2 is 2.05 bits per heavy atom. The molecule has 0 radical (unpaired) electrons. The number of nitrogens with two attached hydrogens (primary N) is 3. The smallest absolute Gasteiger partial charge is 0.339 e. The largest absolute Gasteiger partial charge is 0.493 e. The number of nitrogens with zero attached hydrogens (tertiary/aromatic N) is 2. The zero-order valence-electron chi connectivity index (χ0n) is 10.6. The highest BCUT2D eigenvalue weighted by Gasteiger charge is 2.15. The summed E-state index contributed by atoms with van der Waals surface area (Å²) in [4.78, 5) is 18.5. The molecule has 0 aliphatic carbocycles. The Bertz CT molecular complexity index is 582. The summed E-state index contributed by atoms with van der Waals surface area (Å²) in [5, 5.41) is 9.14. The standard InChI is InChI=1S/C11H14ClN5O3/c1-2-20-8-4-7(16-11(15)17-10(13)14)6(12)3-5(8)9(18)19/h3-4H,2H2,1H3,(H,18,19)(H6,13,14,15,16,17). The molecular weight excluding hydrogens is 286 g/mol. The lowest BCUT2D eigenvalue weighted by Gasteiger charge is -2.09. The van der Waals surface area contributed by atoms with E-state index >= 15 is 0 Å². The molecule has 1 aromatic rings. The second-order valence-corrected chi connectivity index (χ2v) is 3.95. The second kappa shape index (κ2) is 6.62. The van der Waals surface area contributed by atoms with Crippen molar-refractivity contribution in [1.82, 2.24) is 0 Å². The number of carboxylic acids is 1. The van der Waals surface area contributed by atoms with Crippen molar-refractivity contribution in [2.75, 3.05) is 6.61 Å². The normalized spacial score (nSPS) is 11.0. The lowest BCUT2D eigenvalue weighted by atomic mass is 10.2. The summed E-state index contributed by atoms with van der Waals surface area (Å²) < 4.78 is 5.22. The lowest BCUT2D eigenvalue weighted by molar-refractivity contribution is 0.0692. The van der Waals surface area contributed by atoms with E-state index in [2.05, 4.69) is 9.98 Å². The summed E-state index contributed by atoms with van der Waals surface area (Å²) in [5.74, 6) is -1.50. The van der Waals surface area contributed by atoms with E-state index in [1.807, 2.05) is 0 Å². The number of aromatic carboxylic acids is 1. The van der Waals surface area contributed by atoms with E-state index in [-0.39, 0.29) is 40.5 Å². The van der Waals surface area contributed by atoms with Gasteiger partial charge in [-0.3, -0.25) is 0 Å². The molecule has 0 spiro atoms. The Morgan fingerprint density at radius 1 is 1.40 bits per heavy atom. The van der Waals surface area contributed by atoms with Gasteiger partial charge in [0, 0.05) is 6.07 Å². The van der Waals surface area contributed by atoms with Crippen molar-refractivity contribution in [2.45, 2.75) is 6.92 Å². The molecule has 8 nitrogen and oxygen atoms in total. The summed E-state index contributed by atoms with van der Waals surface area (Å²) in [6.07, 6.45) is 0. The lowest BCUT2D eigenvalue weighted by Crippen LogP contribution is -2.26. The fourth-order valence-electron chi connectivity index (χ4n) is 1.35. The molecule has 0 aliphatic heterocycles. The average Bonchev–Trinajstić information content (AvgIpc) is 2.31. The summed E-state index contributed by atoms with van der Waals surface area (Å²) in [6.45, 7) is 2.01. The molecule has 0 saturated heterocycles. The predicted molar refractivity (Wildman–Crippen MR) is 76.7 cm³/mol. The number of aliphatic imine (C=N–C) groups is 2. The van der Waals surface area contributed by atoms with Gasteiger partial charge in [0.15, 0.2) is 5.96 Å². The molecule has 0 saturated carbocycles. The Balaban J connectivity index is 3.32. The molecule has 7 N–H and O–H groups in total. The maximum absolute atomic E-state index is 11.1. The number of carboxylic acid groups (broad SMARTS) is 1. The topological polar surface area (TPSA) is 149 Å². The Labute approximate surface area is 119 Å². The van der Waals surface area contributed by atoms with Gasteiger partial charge in [-0.25, -0.2) is 9.79 Å². The van der Waals surface area contributed by atoms with Crippen LogP contribution < -0.4 is 21.9 Å². The number of halogens is 1. The van der Waals surface area contributed by atoms with Gasteiger partial charge in [0.05, 0.1) is 17.3 Å². The fraction of sp³-hybridized carbons (Fsp3) is 0.182. The number of hydrogen-bond acceptors (Lipinski definition) is 3. The quantitative estimate of drug-likeness (QED) is 0.474. The average molecular weight is 300 g/mol. The Hall–Kier alpha value is -2.48. The maximum Gasteiger partial charge on any atom is 0.339 e. The van der Waals surface area contributed by atoms with Crippen molar-refractivity contribution in [1.29, 1.82) is 0 Å². The van der Waals surface area contributed by atoms with Gasteiger partial charge in [-0.05, 0) is 13.0 Å². The third-order valence-electron chi connectivity index (χ3n) is 2.06. The fourth-order valence-corrected chi connectivity index (χ4v) is 1.56. The first-order valence-corrected chi connectivity index (χ1v) is 5.86. The number of guanidine groups is 2. The molecule has 20 heavy (non-hydrogen) atoms. The predicted octanol–water partition coefficient (Wildman–Crippen LogP) is 0.657. The summed E-state index contributed by atoms with van der Waals surface area (Å²) >= 11 is 5.93. The number of rotatable bonds is 4. The van der Waals surface area contributed by atoms with Crippen LogP contribution in [0.4, 0.5) is 5.69 Å². The van der Waals surface area contributed by atoms with E-state index in [0.717, 1.165) is 0 Å². The van der Waals surface area contributed by atoms with E-state index in [0.29, 0.717) is 0 Å². The molecule has 0 aromatic heterocycles. The van der Waals surface area contributed by atoms with Crippen LogP contribution in [-0.4, -0.2) is 29.6 Å². The number of benzene rings is 1. The van der Waals surface area contributed by atoms with E-state index in [1.165, 1.54) is 12.1 Å². The Morgan fingerprint density at radius 3 is 2.55 bits per heavy atom. The van der Waals surface area contributed by atoms with Gasteiger partial charge in [-0.2, -0.15) is 4.99 Å². The van der Waals surface area contributed by atoms with E-state index < -0.39 is 5.97 Å². The van der Waals surface area contributed by atoms with Crippen molar-refractivity contribution in [3.63, 3.8) is 0 Å². The monoisotopic (exact) mass is 299 g/mol. The summed E-state index contributed by atoms with van der Waals surface area (Å²) in [5.41, 5.74) is 15.9. The molecular formula is C11H14ClN5O3. The number of hydrogen-bond donors (Lipinski definition) is 4. The highest BCUT2D eigenvalue weighted by Crippen LogP contribution is 2.33. The van der Waals surface area contributed by atoms with Gasteiger partial charge in [-0.15, -0.1) is 0 Å². The van der Waals surface area contributed by atoms with Crippen LogP contribution in [0.2, 0.25) is 5.02 Å². The van der Waals surface area contributed by atoms with Crippen LogP contribution in [0.5, 0.6) is 5.75 Å². The van der Waals surface area contributed by atoms with E-state index in [1.54, 1.807) is 6.92 Å². The number of carbonyl (C=O) groups is 1. The van der Waals surface area contributed by atoms with Crippen molar-refractivity contribution in [3.05, 3.63) is 22.7 Å². The first-order chi connectivity index (χ1) is 9.35. The van der Waals surface area contributed by atoms with Crippen molar-refractivity contribution in [2.24, 2.45) is 27.2 Å². The van der Waals surface area contributed by atoms with E-state index in [4.69, 9.17) is 38.6 Å². The third-order valence-corrected chi connectivity index (χ3v) is 2.36. The molecule has 108 valence electrons. The minimum Gasteiger partial charge on any atom is -0.493 e. The highest BCUT2D eigenvalue weighted by molar-refractivity contribution is 6.33. The van der Waals surface area contributed by atoms with Crippen LogP contribution >= 0.6 is 11.6 Å². The van der Waals surface area contributed by atoms with Gasteiger partial charge < -0.3 is 27.0 Å². The van der Waals surface area contributed by atoms with Gasteiger partial charge in [0.2, 0.25) is 5.96 Å². The van der Waals surface area contributed by atoms with Crippen molar-refractivity contribution < 1.29 is 14.6 Å². The molecule has 0 aliphatic rings. The Kier molecular flexibility index (Phi) is 5.15. The van der Waals surface area contributed by atoms with Crippen molar-refractivity contribution in [3.8, 4) is 5.75 Å². The molecule has 1 aromatic carbocycles. The van der Waals surface area contributed by atoms with Crippen molar-refractivity contribution >= 4 is 35.2 Å². The van der Waals surface area contributed by atoms with Gasteiger partial charge in [0.1, 0.15) is 11.3 Å². The minimum atomic E-state index is -1.16. The maximum atomic E-state index is 11.1. The molecule has 9 heteroatoms. The van der Waals surface area contributed by atoms with Crippen LogP contribution in [0.25, 0.3) is 0 Å². The zero-order chi connectivity index (χ0) is 15.3. The molecule has 0 heterocycles. The second-order valence-electron chi connectivity index (χ2n) is 3.54. The number of ether oxygens (including phenoxy) is 1. The summed E-state index contributed by atoms with van der Waals surface area (Å²) in [6, 6.07) is 2.57. The van der Waals surface area contributed by atoms with Crippen LogP contribution in [-0.2, 0) is 0 Å². The van der Waals surface area contributed by atoms with Crippen LogP contribution in [0, 0.1) is 0 Å². The molecule has 0 fully saturated rings. The molecule has 0 amide bonds. The first kappa shape index (κ1) is 15.6. The van der Waals surface area contributed by atoms with Crippen LogP contribution in [0.15, 0.2) is 22.1 Å². The molecule has 0 bridgehead atoms.